The van der Waals surface area contributed by atoms with Crippen molar-refractivity contribution in [3.05, 3.63) is 93.5 Å². The van der Waals surface area contributed by atoms with E-state index in [-0.39, 0.29) is 5.56 Å². The topological polar surface area (TPSA) is 86.7 Å². The molecule has 0 spiro atoms. The van der Waals surface area contributed by atoms with Gasteiger partial charge in [0.25, 0.3) is 5.56 Å². The molecule has 0 aliphatic carbocycles. The van der Waals surface area contributed by atoms with Crippen molar-refractivity contribution in [2.24, 2.45) is 0 Å². The van der Waals surface area contributed by atoms with Gasteiger partial charge < -0.3 is 5.73 Å². The van der Waals surface area contributed by atoms with Crippen LogP contribution in [0.4, 0.5) is 5.82 Å². The van der Waals surface area contributed by atoms with Crippen molar-refractivity contribution >= 4 is 51.0 Å². The third kappa shape index (κ3) is 3.81. The van der Waals surface area contributed by atoms with Crippen molar-refractivity contribution < 1.29 is 0 Å². The van der Waals surface area contributed by atoms with Crippen molar-refractivity contribution in [2.75, 3.05) is 5.73 Å². The van der Waals surface area contributed by atoms with Gasteiger partial charge in [-0.3, -0.25) is 9.36 Å². The van der Waals surface area contributed by atoms with Crippen LogP contribution in [0.5, 0.6) is 0 Å². The highest BCUT2D eigenvalue weighted by atomic mass is 35.5. The van der Waals surface area contributed by atoms with Gasteiger partial charge in [-0.1, -0.05) is 47.6 Å². The van der Waals surface area contributed by atoms with Crippen molar-refractivity contribution in [2.45, 2.75) is 17.8 Å². The summed E-state index contributed by atoms with van der Waals surface area (Å²) < 4.78 is 1.62. The molecule has 3 aromatic carbocycles. The number of hydrogen-bond acceptors (Lipinski definition) is 6. The second-order valence-corrected chi connectivity index (χ2v) is 8.75. The second kappa shape index (κ2) is 8.26. The van der Waals surface area contributed by atoms with Crippen LogP contribution in [0.3, 0.4) is 0 Å². The molecule has 0 aliphatic heterocycles. The van der Waals surface area contributed by atoms with Crippen LogP contribution < -0.4 is 11.3 Å². The first-order valence-corrected chi connectivity index (χ1v) is 11.3. The third-order valence-electron chi connectivity index (χ3n) is 5.07. The van der Waals surface area contributed by atoms with Gasteiger partial charge in [0, 0.05) is 10.4 Å². The van der Waals surface area contributed by atoms with Gasteiger partial charge in [-0.2, -0.15) is 0 Å². The van der Waals surface area contributed by atoms with Crippen molar-refractivity contribution in [3.8, 4) is 5.69 Å². The van der Waals surface area contributed by atoms with Crippen LogP contribution in [0.2, 0.25) is 5.02 Å². The number of anilines is 1. The van der Waals surface area contributed by atoms with Crippen LogP contribution in [0, 0.1) is 6.92 Å². The number of rotatable bonds is 4. The van der Waals surface area contributed by atoms with E-state index in [1.165, 1.54) is 11.8 Å². The van der Waals surface area contributed by atoms with Crippen molar-refractivity contribution in [1.29, 1.82) is 0 Å². The predicted octanol–water partition coefficient (Wildman–Crippen LogP) is 5.17. The molecule has 8 heteroatoms. The molecule has 0 bridgehead atoms. The highest BCUT2D eigenvalue weighted by Gasteiger charge is 2.15. The minimum absolute atomic E-state index is 0.154. The van der Waals surface area contributed by atoms with Crippen LogP contribution in [0.15, 0.2) is 76.7 Å². The van der Waals surface area contributed by atoms with Gasteiger partial charge in [0.05, 0.1) is 27.9 Å². The Kier molecular flexibility index (Phi) is 5.28. The lowest BCUT2D eigenvalue weighted by Crippen LogP contribution is -2.22. The Balaban J connectivity index is 1.62. The molecule has 0 unspecified atom stereocenters. The SMILES string of the molecule is Cc1cccc(-n2c(SCc3nc(N)c4ccccc4n3)nc3cc(Cl)ccc3c2=O)c1. The molecule has 0 amide bonds. The molecule has 2 aromatic heterocycles. The highest BCUT2D eigenvalue weighted by Crippen LogP contribution is 2.26. The summed E-state index contributed by atoms with van der Waals surface area (Å²) in [5, 5.41) is 2.38. The third-order valence-corrected chi connectivity index (χ3v) is 6.24. The van der Waals surface area contributed by atoms with Crippen LogP contribution >= 0.6 is 23.4 Å². The van der Waals surface area contributed by atoms with E-state index >= 15 is 0 Å². The fraction of sp³-hybridized carbons (Fsp3) is 0.0833. The molecule has 0 aliphatic rings. The summed E-state index contributed by atoms with van der Waals surface area (Å²) in [6.45, 7) is 1.99. The molecular formula is C24H18ClN5OS. The standard InChI is InChI=1S/C24H18ClN5OS/c1-14-5-4-6-16(11-14)30-23(31)18-10-9-15(25)12-20(18)28-24(30)32-13-21-27-19-8-3-2-7-17(19)22(26)29-21/h2-12H,13H2,1H3,(H2,26,27,29). The maximum absolute atomic E-state index is 13.4. The lowest BCUT2D eigenvalue weighted by Gasteiger charge is -2.14. The van der Waals surface area contributed by atoms with Gasteiger partial charge in [-0.25, -0.2) is 15.0 Å². The molecule has 158 valence electrons. The van der Waals surface area contributed by atoms with Gasteiger partial charge in [0.2, 0.25) is 0 Å². The number of aromatic nitrogens is 4. The fourth-order valence-electron chi connectivity index (χ4n) is 3.57. The minimum Gasteiger partial charge on any atom is -0.383 e. The van der Waals surface area contributed by atoms with E-state index in [0.29, 0.717) is 38.5 Å². The molecule has 6 nitrogen and oxygen atoms in total. The Morgan fingerprint density at radius 3 is 2.62 bits per heavy atom. The number of aryl methyl sites for hydroxylation is 1. The monoisotopic (exact) mass is 459 g/mol. The van der Waals surface area contributed by atoms with E-state index in [1.807, 2.05) is 55.5 Å². The van der Waals surface area contributed by atoms with Crippen molar-refractivity contribution in [3.63, 3.8) is 0 Å². The van der Waals surface area contributed by atoms with Gasteiger partial charge >= 0.3 is 0 Å². The summed E-state index contributed by atoms with van der Waals surface area (Å²) in [6, 6.07) is 20.5. The van der Waals surface area contributed by atoms with E-state index < -0.39 is 0 Å². The summed E-state index contributed by atoms with van der Waals surface area (Å²) in [5.41, 5.74) is 9.11. The number of hydrogen-bond donors (Lipinski definition) is 1. The van der Waals surface area contributed by atoms with Crippen LogP contribution in [0.25, 0.3) is 27.5 Å². The molecule has 0 saturated carbocycles. The number of thioether (sulfide) groups is 1. The molecule has 0 atom stereocenters. The molecule has 0 fully saturated rings. The first-order valence-electron chi connectivity index (χ1n) is 9.93. The predicted molar refractivity (Wildman–Crippen MR) is 131 cm³/mol. The van der Waals surface area contributed by atoms with Crippen LogP contribution in [-0.4, -0.2) is 19.5 Å². The van der Waals surface area contributed by atoms with Crippen molar-refractivity contribution in [1.82, 2.24) is 19.5 Å². The number of benzene rings is 3. The summed E-state index contributed by atoms with van der Waals surface area (Å²) in [6.07, 6.45) is 0. The normalized spacial score (nSPS) is 11.3. The summed E-state index contributed by atoms with van der Waals surface area (Å²) in [5.74, 6) is 1.40. The highest BCUT2D eigenvalue weighted by molar-refractivity contribution is 7.98. The van der Waals surface area contributed by atoms with Gasteiger partial charge in [-0.15, -0.1) is 0 Å². The molecule has 2 N–H and O–H groups in total. The Morgan fingerprint density at radius 2 is 1.78 bits per heavy atom. The number of nitrogen functional groups attached to an aromatic ring is 1. The van der Waals surface area contributed by atoms with Gasteiger partial charge in [0.15, 0.2) is 5.16 Å². The summed E-state index contributed by atoms with van der Waals surface area (Å²) in [4.78, 5) is 27.2. The van der Waals surface area contributed by atoms with Gasteiger partial charge in [0.1, 0.15) is 11.6 Å². The van der Waals surface area contributed by atoms with E-state index in [1.54, 1.807) is 22.8 Å². The quantitative estimate of drug-likeness (QED) is 0.295. The number of nitrogens with two attached hydrogens (primary N) is 1. The summed E-state index contributed by atoms with van der Waals surface area (Å²) in [7, 11) is 0. The van der Waals surface area contributed by atoms with Crippen LogP contribution in [0.1, 0.15) is 11.4 Å². The molecule has 2 heterocycles. The van der Waals surface area contributed by atoms with E-state index in [2.05, 4.69) is 9.97 Å². The maximum Gasteiger partial charge on any atom is 0.266 e. The lowest BCUT2D eigenvalue weighted by molar-refractivity contribution is 0.818. The Hall–Kier alpha value is -3.42. The zero-order valence-corrected chi connectivity index (χ0v) is 18.7. The second-order valence-electron chi connectivity index (χ2n) is 7.37. The molecule has 5 aromatic rings. The van der Waals surface area contributed by atoms with Gasteiger partial charge in [-0.05, 0) is 55.0 Å². The van der Waals surface area contributed by atoms with E-state index in [0.717, 1.165) is 22.2 Å². The number of para-hydroxylation sites is 1. The Morgan fingerprint density at radius 1 is 0.938 bits per heavy atom. The summed E-state index contributed by atoms with van der Waals surface area (Å²) >= 11 is 7.54. The number of halogens is 1. The zero-order valence-electron chi connectivity index (χ0n) is 17.1. The average Bonchev–Trinajstić information content (AvgIpc) is 2.77. The molecule has 0 saturated heterocycles. The van der Waals surface area contributed by atoms with Crippen LogP contribution in [-0.2, 0) is 5.75 Å². The molecule has 5 rings (SSSR count). The van der Waals surface area contributed by atoms with E-state index in [4.69, 9.17) is 22.3 Å². The number of nitrogens with zero attached hydrogens (tertiary/aromatic N) is 4. The smallest absolute Gasteiger partial charge is 0.266 e. The largest absolute Gasteiger partial charge is 0.383 e. The maximum atomic E-state index is 13.4. The number of fused-ring (bicyclic) bond motifs is 2. The first kappa shape index (κ1) is 20.5. The molecular weight excluding hydrogens is 442 g/mol. The fourth-order valence-corrected chi connectivity index (χ4v) is 4.61. The van der Waals surface area contributed by atoms with E-state index in [9.17, 15) is 4.79 Å². The first-order chi connectivity index (χ1) is 15.5. The average molecular weight is 460 g/mol. The molecule has 0 radical (unpaired) electrons. The molecule has 32 heavy (non-hydrogen) atoms. The zero-order chi connectivity index (χ0) is 22.2. The lowest BCUT2D eigenvalue weighted by atomic mass is 10.2. The Labute approximate surface area is 193 Å². The Bertz CT molecular complexity index is 1550. The minimum atomic E-state index is -0.154.